The van der Waals surface area contributed by atoms with Gasteiger partial charge in [-0.1, -0.05) is 30.1 Å². The summed E-state index contributed by atoms with van der Waals surface area (Å²) in [6, 6.07) is 5.27. The minimum Gasteiger partial charge on any atom is -0.484 e. The molecule has 0 saturated carbocycles. The molecule has 1 aromatic carbocycles. The Bertz CT molecular complexity index is 488. The van der Waals surface area contributed by atoms with Crippen LogP contribution in [0.5, 0.6) is 5.75 Å². The number of piperidine rings is 1. The molecule has 2 rings (SSSR count). The van der Waals surface area contributed by atoms with E-state index in [1.165, 1.54) is 0 Å². The lowest BCUT2D eigenvalue weighted by Crippen LogP contribution is -2.48. The summed E-state index contributed by atoms with van der Waals surface area (Å²) >= 11 is 11.9. The monoisotopic (exact) mass is 380 g/mol. The Labute approximate surface area is 153 Å². The number of benzene rings is 1. The third kappa shape index (κ3) is 6.38. The van der Waals surface area contributed by atoms with E-state index in [0.717, 1.165) is 38.9 Å². The topological polar surface area (TPSA) is 41.6 Å². The molecule has 4 nitrogen and oxygen atoms in total. The van der Waals surface area contributed by atoms with Gasteiger partial charge in [0, 0.05) is 22.6 Å². The Morgan fingerprint density at radius 1 is 1.26 bits per heavy atom. The van der Waals surface area contributed by atoms with Gasteiger partial charge < -0.3 is 15.0 Å². The quantitative estimate of drug-likeness (QED) is 0.815. The molecule has 0 aliphatic carbocycles. The number of carbonyl (C=O) groups is 1. The van der Waals surface area contributed by atoms with Crippen molar-refractivity contribution >= 4 is 41.5 Å². The first-order valence-corrected chi connectivity index (χ1v) is 8.45. The predicted molar refractivity (Wildman–Crippen MR) is 97.1 cm³/mol. The van der Waals surface area contributed by atoms with Crippen LogP contribution in [-0.2, 0) is 4.79 Å². The SMILES string of the molecule is CCCN(C(=O)COc1cc(Cl)cc(Cl)c1)C1CCNCC1.Cl. The van der Waals surface area contributed by atoms with Crippen LogP contribution in [0, 0.1) is 0 Å². The molecule has 1 amide bonds. The molecule has 1 fully saturated rings. The number of nitrogens with zero attached hydrogens (tertiary/aromatic N) is 1. The predicted octanol–water partition coefficient (Wildman–Crippen LogP) is 3.78. The Hall–Kier alpha value is -0.680. The zero-order valence-corrected chi connectivity index (χ0v) is 15.5. The standard InChI is InChI=1S/C16H22Cl2N2O2.ClH/c1-2-7-20(14-3-5-19-6-4-14)16(21)11-22-15-9-12(17)8-13(18)10-15;/h8-10,14,19H,2-7,11H2,1H3;1H. The number of rotatable bonds is 6. The first kappa shape index (κ1) is 20.4. The molecular formula is C16H23Cl3N2O2. The average Bonchev–Trinajstić information content (AvgIpc) is 2.50. The largest absolute Gasteiger partial charge is 0.484 e. The number of hydrogen-bond donors (Lipinski definition) is 1. The number of ether oxygens (including phenoxy) is 1. The van der Waals surface area contributed by atoms with Crippen LogP contribution in [0.4, 0.5) is 0 Å². The maximum atomic E-state index is 12.5. The first-order valence-electron chi connectivity index (χ1n) is 7.69. The highest BCUT2D eigenvalue weighted by molar-refractivity contribution is 6.34. The fourth-order valence-corrected chi connectivity index (χ4v) is 3.22. The minimum absolute atomic E-state index is 0. The van der Waals surface area contributed by atoms with Gasteiger partial charge in [-0.05, 0) is 50.6 Å². The molecule has 0 atom stereocenters. The summed E-state index contributed by atoms with van der Waals surface area (Å²) in [5.74, 6) is 0.539. The smallest absolute Gasteiger partial charge is 0.260 e. The zero-order chi connectivity index (χ0) is 15.9. The molecule has 1 aliphatic heterocycles. The number of halogens is 3. The molecule has 1 aromatic rings. The Kier molecular flexibility index (Phi) is 9.07. The van der Waals surface area contributed by atoms with Gasteiger partial charge in [-0.25, -0.2) is 0 Å². The van der Waals surface area contributed by atoms with Gasteiger partial charge in [0.25, 0.3) is 5.91 Å². The summed E-state index contributed by atoms with van der Waals surface area (Å²) in [5, 5.41) is 4.32. The van der Waals surface area contributed by atoms with Crippen molar-refractivity contribution in [3.05, 3.63) is 28.2 Å². The molecule has 0 spiro atoms. The maximum absolute atomic E-state index is 12.5. The van der Waals surface area contributed by atoms with Gasteiger partial charge in [-0.3, -0.25) is 4.79 Å². The van der Waals surface area contributed by atoms with Crippen LogP contribution in [0.3, 0.4) is 0 Å². The van der Waals surface area contributed by atoms with Crippen LogP contribution in [0.25, 0.3) is 0 Å². The minimum atomic E-state index is 0. The lowest BCUT2D eigenvalue weighted by molar-refractivity contribution is -0.136. The van der Waals surface area contributed by atoms with Crippen molar-refractivity contribution in [3.63, 3.8) is 0 Å². The molecule has 0 aromatic heterocycles. The van der Waals surface area contributed by atoms with Crippen molar-refractivity contribution < 1.29 is 9.53 Å². The Morgan fingerprint density at radius 3 is 2.43 bits per heavy atom. The summed E-state index contributed by atoms with van der Waals surface area (Å²) in [7, 11) is 0. The molecular weight excluding hydrogens is 359 g/mol. The van der Waals surface area contributed by atoms with Gasteiger partial charge in [-0.2, -0.15) is 0 Å². The number of carbonyl (C=O) groups excluding carboxylic acids is 1. The molecule has 130 valence electrons. The van der Waals surface area contributed by atoms with E-state index in [1.54, 1.807) is 18.2 Å². The normalized spacial score (nSPS) is 14.9. The van der Waals surface area contributed by atoms with Crippen molar-refractivity contribution in [1.82, 2.24) is 10.2 Å². The van der Waals surface area contributed by atoms with Gasteiger partial charge in [-0.15, -0.1) is 12.4 Å². The Morgan fingerprint density at radius 2 is 1.87 bits per heavy atom. The van der Waals surface area contributed by atoms with Gasteiger partial charge in [0.15, 0.2) is 6.61 Å². The van der Waals surface area contributed by atoms with Crippen LogP contribution in [-0.4, -0.2) is 43.1 Å². The molecule has 1 N–H and O–H groups in total. The second-order valence-electron chi connectivity index (χ2n) is 5.46. The van der Waals surface area contributed by atoms with Crippen molar-refractivity contribution in [1.29, 1.82) is 0 Å². The van der Waals surface area contributed by atoms with E-state index < -0.39 is 0 Å². The summed E-state index contributed by atoms with van der Waals surface area (Å²) in [5.41, 5.74) is 0. The first-order chi connectivity index (χ1) is 10.6. The molecule has 7 heteroatoms. The van der Waals surface area contributed by atoms with Gasteiger partial charge in [0.1, 0.15) is 5.75 Å². The van der Waals surface area contributed by atoms with E-state index in [9.17, 15) is 4.79 Å². The molecule has 23 heavy (non-hydrogen) atoms. The van der Waals surface area contributed by atoms with Crippen molar-refractivity contribution in [2.24, 2.45) is 0 Å². The molecule has 0 radical (unpaired) electrons. The fourth-order valence-electron chi connectivity index (χ4n) is 2.71. The molecule has 1 aliphatic rings. The van der Waals surface area contributed by atoms with Crippen molar-refractivity contribution in [3.8, 4) is 5.75 Å². The van der Waals surface area contributed by atoms with Crippen molar-refractivity contribution in [2.75, 3.05) is 26.2 Å². The van der Waals surface area contributed by atoms with E-state index in [2.05, 4.69) is 12.2 Å². The number of hydrogen-bond acceptors (Lipinski definition) is 3. The van der Waals surface area contributed by atoms with E-state index in [1.807, 2.05) is 4.90 Å². The summed E-state index contributed by atoms with van der Waals surface area (Å²) in [6.07, 6.45) is 2.93. The highest BCUT2D eigenvalue weighted by atomic mass is 35.5. The fraction of sp³-hybridized carbons (Fsp3) is 0.562. The van der Waals surface area contributed by atoms with Crippen molar-refractivity contribution in [2.45, 2.75) is 32.2 Å². The number of nitrogens with one attached hydrogen (secondary N) is 1. The van der Waals surface area contributed by atoms with Crippen LogP contribution >= 0.6 is 35.6 Å². The molecule has 1 heterocycles. The lowest BCUT2D eigenvalue weighted by Gasteiger charge is -2.34. The van der Waals surface area contributed by atoms with E-state index >= 15 is 0 Å². The van der Waals surface area contributed by atoms with Crippen LogP contribution in [0.1, 0.15) is 26.2 Å². The zero-order valence-electron chi connectivity index (χ0n) is 13.2. The van der Waals surface area contributed by atoms with Crippen LogP contribution < -0.4 is 10.1 Å². The highest BCUT2D eigenvalue weighted by Crippen LogP contribution is 2.24. The Balaban J connectivity index is 0.00000264. The summed E-state index contributed by atoms with van der Waals surface area (Å²) in [4.78, 5) is 14.4. The second-order valence-corrected chi connectivity index (χ2v) is 6.34. The molecule has 0 bridgehead atoms. The third-order valence-corrected chi connectivity index (χ3v) is 4.17. The summed E-state index contributed by atoms with van der Waals surface area (Å²) < 4.78 is 5.57. The van der Waals surface area contributed by atoms with E-state index in [0.29, 0.717) is 21.8 Å². The van der Waals surface area contributed by atoms with Gasteiger partial charge in [0.2, 0.25) is 0 Å². The highest BCUT2D eigenvalue weighted by Gasteiger charge is 2.24. The van der Waals surface area contributed by atoms with Crippen LogP contribution in [0.2, 0.25) is 10.0 Å². The lowest BCUT2D eigenvalue weighted by atomic mass is 10.0. The van der Waals surface area contributed by atoms with Crippen LogP contribution in [0.15, 0.2) is 18.2 Å². The summed E-state index contributed by atoms with van der Waals surface area (Å²) in [6.45, 7) is 4.79. The van der Waals surface area contributed by atoms with Gasteiger partial charge in [0.05, 0.1) is 0 Å². The molecule has 0 unspecified atom stereocenters. The average molecular weight is 382 g/mol. The van der Waals surface area contributed by atoms with Gasteiger partial charge >= 0.3 is 0 Å². The van der Waals surface area contributed by atoms with E-state index in [-0.39, 0.29) is 24.9 Å². The molecule has 1 saturated heterocycles. The third-order valence-electron chi connectivity index (χ3n) is 3.73. The van der Waals surface area contributed by atoms with E-state index in [4.69, 9.17) is 27.9 Å². The second kappa shape index (κ2) is 10.2. The maximum Gasteiger partial charge on any atom is 0.260 e. The number of amides is 1.